The molecule has 1 aliphatic heterocycles. The minimum Gasteiger partial charge on any atom is -0.445 e. The smallest absolute Gasteiger partial charge is 0.407 e. The van der Waals surface area contributed by atoms with Crippen molar-refractivity contribution >= 4 is 6.09 Å². The lowest BCUT2D eigenvalue weighted by Gasteiger charge is -2.36. The molecule has 124 valence electrons. The third kappa shape index (κ3) is 5.89. The maximum atomic E-state index is 11.9. The van der Waals surface area contributed by atoms with Crippen molar-refractivity contribution in [1.82, 2.24) is 10.2 Å². The van der Waals surface area contributed by atoms with Crippen LogP contribution in [0.3, 0.4) is 0 Å². The zero-order chi connectivity index (χ0) is 16.5. The minimum atomic E-state index is -0.444. The summed E-state index contributed by atoms with van der Waals surface area (Å²) in [4.78, 5) is 14.0. The van der Waals surface area contributed by atoms with E-state index in [1.807, 2.05) is 35.2 Å². The highest BCUT2D eigenvalue weighted by Crippen LogP contribution is 2.19. The lowest BCUT2D eigenvalue weighted by atomic mass is 9.92. The van der Waals surface area contributed by atoms with E-state index in [1.54, 1.807) is 0 Å². The van der Waals surface area contributed by atoms with Gasteiger partial charge in [0.05, 0.1) is 12.6 Å². The SMILES string of the molecule is N#CCN1CC(CCO)CC(NC(=O)OCc2ccccc2)C1. The van der Waals surface area contributed by atoms with Crippen molar-refractivity contribution in [2.45, 2.75) is 25.5 Å². The average molecular weight is 317 g/mol. The Morgan fingerprint density at radius 1 is 1.39 bits per heavy atom. The van der Waals surface area contributed by atoms with E-state index in [-0.39, 0.29) is 25.2 Å². The van der Waals surface area contributed by atoms with E-state index in [1.165, 1.54) is 0 Å². The van der Waals surface area contributed by atoms with Crippen LogP contribution in [0.15, 0.2) is 30.3 Å². The molecule has 1 aromatic rings. The number of benzene rings is 1. The summed E-state index contributed by atoms with van der Waals surface area (Å²) in [5.74, 6) is 0.279. The van der Waals surface area contributed by atoms with E-state index < -0.39 is 6.09 Å². The van der Waals surface area contributed by atoms with Crippen molar-refractivity contribution in [2.75, 3.05) is 26.2 Å². The molecule has 2 N–H and O–H groups in total. The lowest BCUT2D eigenvalue weighted by Crippen LogP contribution is -2.51. The topological polar surface area (TPSA) is 85.6 Å². The summed E-state index contributed by atoms with van der Waals surface area (Å²) in [7, 11) is 0. The molecule has 23 heavy (non-hydrogen) atoms. The first-order chi connectivity index (χ1) is 11.2. The number of aliphatic hydroxyl groups excluding tert-OH is 1. The molecular formula is C17H23N3O3. The molecule has 0 bridgehead atoms. The number of nitriles is 1. The number of alkyl carbamates (subject to hydrolysis) is 1. The van der Waals surface area contributed by atoms with Crippen LogP contribution in [0.5, 0.6) is 0 Å². The van der Waals surface area contributed by atoms with Gasteiger partial charge in [-0.05, 0) is 24.3 Å². The van der Waals surface area contributed by atoms with Gasteiger partial charge in [0.15, 0.2) is 0 Å². The number of hydrogen-bond acceptors (Lipinski definition) is 5. The monoisotopic (exact) mass is 317 g/mol. The van der Waals surface area contributed by atoms with Gasteiger partial charge in [-0.25, -0.2) is 4.79 Å². The normalized spacial score (nSPS) is 21.4. The van der Waals surface area contributed by atoms with Crippen molar-refractivity contribution in [1.29, 1.82) is 5.26 Å². The van der Waals surface area contributed by atoms with Crippen LogP contribution in [0.2, 0.25) is 0 Å². The summed E-state index contributed by atoms with van der Waals surface area (Å²) in [6.45, 7) is 2.11. The first-order valence-corrected chi connectivity index (χ1v) is 7.88. The van der Waals surface area contributed by atoms with Gasteiger partial charge in [-0.2, -0.15) is 5.26 Å². The number of aliphatic hydroxyl groups is 1. The van der Waals surface area contributed by atoms with Gasteiger partial charge < -0.3 is 15.2 Å². The highest BCUT2D eigenvalue weighted by molar-refractivity contribution is 5.67. The summed E-state index contributed by atoms with van der Waals surface area (Å²) in [6.07, 6.45) is 1.03. The molecule has 0 aliphatic carbocycles. The zero-order valence-electron chi connectivity index (χ0n) is 13.1. The van der Waals surface area contributed by atoms with Gasteiger partial charge in [0.2, 0.25) is 0 Å². The van der Waals surface area contributed by atoms with Crippen LogP contribution < -0.4 is 5.32 Å². The molecule has 1 fully saturated rings. The number of nitrogens with zero attached hydrogens (tertiary/aromatic N) is 2. The largest absolute Gasteiger partial charge is 0.445 e. The fraction of sp³-hybridized carbons (Fsp3) is 0.529. The Hall–Kier alpha value is -2.10. The standard InChI is InChI=1S/C17H23N3O3/c18-7-8-20-11-15(6-9-21)10-16(12-20)19-17(22)23-13-14-4-2-1-3-5-14/h1-5,15-16,21H,6,8-13H2,(H,19,22). The number of amides is 1. The fourth-order valence-electron chi connectivity index (χ4n) is 2.96. The lowest BCUT2D eigenvalue weighted by molar-refractivity contribution is 0.108. The minimum absolute atomic E-state index is 0.0584. The molecule has 1 heterocycles. The van der Waals surface area contributed by atoms with Crippen LogP contribution in [-0.2, 0) is 11.3 Å². The number of hydrogen-bond donors (Lipinski definition) is 2. The van der Waals surface area contributed by atoms with Crippen LogP contribution in [0, 0.1) is 17.2 Å². The van der Waals surface area contributed by atoms with Crippen LogP contribution >= 0.6 is 0 Å². The molecule has 1 aromatic carbocycles. The Morgan fingerprint density at radius 3 is 2.87 bits per heavy atom. The van der Waals surface area contributed by atoms with Crippen LogP contribution in [0.25, 0.3) is 0 Å². The van der Waals surface area contributed by atoms with Gasteiger partial charge >= 0.3 is 6.09 Å². The van der Waals surface area contributed by atoms with Crippen molar-refractivity contribution in [3.63, 3.8) is 0 Å². The summed E-state index contributed by atoms with van der Waals surface area (Å²) in [5.41, 5.74) is 0.940. The van der Waals surface area contributed by atoms with E-state index in [2.05, 4.69) is 11.4 Å². The van der Waals surface area contributed by atoms with Crippen LogP contribution in [0.1, 0.15) is 18.4 Å². The second-order valence-electron chi connectivity index (χ2n) is 5.87. The Kier molecular flexibility index (Phi) is 6.85. The second-order valence-corrected chi connectivity index (χ2v) is 5.87. The number of likely N-dealkylation sites (tertiary alicyclic amines) is 1. The average Bonchev–Trinajstić information content (AvgIpc) is 2.54. The number of ether oxygens (including phenoxy) is 1. The number of rotatable bonds is 6. The highest BCUT2D eigenvalue weighted by Gasteiger charge is 2.28. The molecule has 1 saturated heterocycles. The molecule has 1 aliphatic rings. The highest BCUT2D eigenvalue weighted by atomic mass is 16.5. The predicted molar refractivity (Wildman–Crippen MR) is 85.4 cm³/mol. The number of carbonyl (C=O) groups is 1. The molecule has 1 amide bonds. The number of nitrogens with one attached hydrogen (secondary N) is 1. The Labute approximate surface area is 136 Å². The molecule has 0 aromatic heterocycles. The Bertz CT molecular complexity index is 530. The third-order valence-electron chi connectivity index (χ3n) is 3.98. The number of carbonyl (C=O) groups excluding carboxylic acids is 1. The fourth-order valence-corrected chi connectivity index (χ4v) is 2.96. The second kappa shape index (κ2) is 9.13. The molecule has 0 radical (unpaired) electrons. The molecule has 2 atom stereocenters. The Balaban J connectivity index is 1.82. The molecule has 6 heteroatoms. The van der Waals surface area contributed by atoms with E-state index in [9.17, 15) is 4.79 Å². The van der Waals surface area contributed by atoms with E-state index >= 15 is 0 Å². The maximum absolute atomic E-state index is 11.9. The van der Waals surface area contributed by atoms with E-state index in [4.69, 9.17) is 15.1 Å². The van der Waals surface area contributed by atoms with Gasteiger partial charge in [0.25, 0.3) is 0 Å². The summed E-state index contributed by atoms with van der Waals surface area (Å²) in [6, 6.07) is 11.6. The summed E-state index contributed by atoms with van der Waals surface area (Å²) in [5, 5.41) is 20.8. The maximum Gasteiger partial charge on any atom is 0.407 e. The van der Waals surface area contributed by atoms with Crippen molar-refractivity contribution in [3.8, 4) is 6.07 Å². The van der Waals surface area contributed by atoms with Gasteiger partial charge in [-0.3, -0.25) is 4.90 Å². The zero-order valence-corrected chi connectivity index (χ0v) is 13.1. The summed E-state index contributed by atoms with van der Waals surface area (Å²) < 4.78 is 5.24. The van der Waals surface area contributed by atoms with Gasteiger partial charge in [0.1, 0.15) is 6.61 Å². The van der Waals surface area contributed by atoms with Gasteiger partial charge in [-0.1, -0.05) is 30.3 Å². The first kappa shape index (κ1) is 17.3. The number of piperidine rings is 1. The van der Waals surface area contributed by atoms with Crippen LogP contribution in [0.4, 0.5) is 4.79 Å². The predicted octanol–water partition coefficient (Wildman–Crippen LogP) is 1.51. The van der Waals surface area contributed by atoms with E-state index in [0.29, 0.717) is 19.5 Å². The quantitative estimate of drug-likeness (QED) is 0.777. The van der Waals surface area contributed by atoms with Crippen molar-refractivity contribution in [3.05, 3.63) is 35.9 Å². The van der Waals surface area contributed by atoms with Gasteiger partial charge in [0, 0.05) is 25.7 Å². The van der Waals surface area contributed by atoms with Gasteiger partial charge in [-0.15, -0.1) is 0 Å². The molecule has 2 unspecified atom stereocenters. The molecule has 2 rings (SSSR count). The molecule has 6 nitrogen and oxygen atoms in total. The van der Waals surface area contributed by atoms with Crippen molar-refractivity contribution in [2.24, 2.45) is 5.92 Å². The van der Waals surface area contributed by atoms with E-state index in [0.717, 1.165) is 18.5 Å². The molecule has 0 spiro atoms. The molecular weight excluding hydrogens is 294 g/mol. The summed E-state index contributed by atoms with van der Waals surface area (Å²) >= 11 is 0. The molecule has 0 saturated carbocycles. The Morgan fingerprint density at radius 2 is 2.17 bits per heavy atom. The first-order valence-electron chi connectivity index (χ1n) is 7.88. The van der Waals surface area contributed by atoms with Crippen molar-refractivity contribution < 1.29 is 14.6 Å². The van der Waals surface area contributed by atoms with Crippen LogP contribution in [-0.4, -0.2) is 48.4 Å². The third-order valence-corrected chi connectivity index (χ3v) is 3.98.